The van der Waals surface area contributed by atoms with Crippen LogP contribution in [0.3, 0.4) is 0 Å². The molecule has 2 aliphatic rings. The van der Waals surface area contributed by atoms with Crippen LogP contribution in [0.25, 0.3) is 0 Å². The molecule has 0 aliphatic carbocycles. The first-order valence-corrected chi connectivity index (χ1v) is 10.1. The normalized spacial score (nSPS) is 21.4. The van der Waals surface area contributed by atoms with E-state index in [1.54, 1.807) is 9.80 Å². The van der Waals surface area contributed by atoms with Crippen LogP contribution in [0.5, 0.6) is 0 Å². The van der Waals surface area contributed by atoms with Crippen molar-refractivity contribution in [1.82, 2.24) is 10.2 Å². The van der Waals surface area contributed by atoms with Crippen molar-refractivity contribution in [1.29, 1.82) is 0 Å². The Labute approximate surface area is 170 Å². The molecule has 150 valence electrons. The lowest BCUT2D eigenvalue weighted by Gasteiger charge is -2.31. The van der Waals surface area contributed by atoms with Gasteiger partial charge in [-0.3, -0.25) is 19.3 Å². The maximum absolute atomic E-state index is 13.3. The number of likely N-dealkylation sites (tertiary alicyclic amines) is 1. The summed E-state index contributed by atoms with van der Waals surface area (Å²) in [6, 6.07) is 18.0. The minimum Gasteiger partial charge on any atom is -0.350 e. The van der Waals surface area contributed by atoms with Crippen LogP contribution in [-0.2, 0) is 20.9 Å². The second kappa shape index (κ2) is 8.47. The fourth-order valence-electron chi connectivity index (χ4n) is 4.23. The van der Waals surface area contributed by atoms with E-state index in [1.165, 1.54) is 0 Å². The van der Waals surface area contributed by atoms with Crippen molar-refractivity contribution in [3.05, 3.63) is 66.2 Å². The van der Waals surface area contributed by atoms with E-state index in [-0.39, 0.29) is 17.7 Å². The maximum atomic E-state index is 13.3. The molecular weight excluding hydrogens is 366 g/mol. The largest absolute Gasteiger partial charge is 0.350 e. The molecule has 6 heteroatoms. The number of hydrogen-bond donors (Lipinski definition) is 1. The van der Waals surface area contributed by atoms with Gasteiger partial charge in [0.1, 0.15) is 12.1 Å². The first-order chi connectivity index (χ1) is 14.1. The van der Waals surface area contributed by atoms with Crippen molar-refractivity contribution in [2.45, 2.75) is 44.3 Å². The Morgan fingerprint density at radius 3 is 2.34 bits per heavy atom. The molecule has 0 radical (unpaired) electrons. The molecule has 2 aromatic rings. The van der Waals surface area contributed by atoms with Crippen molar-refractivity contribution >= 4 is 23.4 Å². The number of benzene rings is 2. The van der Waals surface area contributed by atoms with Gasteiger partial charge in [0.25, 0.3) is 0 Å². The fourth-order valence-corrected chi connectivity index (χ4v) is 4.23. The lowest BCUT2D eigenvalue weighted by atomic mass is 10.1. The Kier molecular flexibility index (Phi) is 5.60. The zero-order valence-electron chi connectivity index (χ0n) is 16.3. The Hall–Kier alpha value is -3.15. The van der Waals surface area contributed by atoms with Gasteiger partial charge in [0.05, 0.1) is 0 Å². The number of amides is 3. The third-order valence-corrected chi connectivity index (χ3v) is 5.68. The highest BCUT2D eigenvalue weighted by molar-refractivity contribution is 6.04. The predicted molar refractivity (Wildman–Crippen MR) is 110 cm³/mol. The summed E-state index contributed by atoms with van der Waals surface area (Å²) in [5.74, 6) is -0.300. The Morgan fingerprint density at radius 2 is 1.62 bits per heavy atom. The Balaban J connectivity index is 1.45. The van der Waals surface area contributed by atoms with Crippen LogP contribution >= 0.6 is 0 Å². The molecule has 0 aromatic heterocycles. The maximum Gasteiger partial charge on any atom is 0.246 e. The first-order valence-electron chi connectivity index (χ1n) is 10.1. The van der Waals surface area contributed by atoms with Crippen LogP contribution in [-0.4, -0.2) is 41.2 Å². The molecule has 1 N–H and O–H groups in total. The van der Waals surface area contributed by atoms with Crippen molar-refractivity contribution in [3.8, 4) is 0 Å². The van der Waals surface area contributed by atoms with E-state index in [0.29, 0.717) is 32.4 Å². The summed E-state index contributed by atoms with van der Waals surface area (Å²) >= 11 is 0. The lowest BCUT2D eigenvalue weighted by Crippen LogP contribution is -2.52. The standard InChI is InChI=1S/C23H25N3O3/c27-21-14-13-20(26(21)18-10-5-2-6-11-18)23(29)25-15-7-12-19(25)22(28)24-16-17-8-3-1-4-9-17/h1-6,8-11,19-20H,7,12-16H2,(H,24,28). The van der Waals surface area contributed by atoms with Crippen LogP contribution in [0, 0.1) is 0 Å². The third-order valence-electron chi connectivity index (χ3n) is 5.68. The summed E-state index contributed by atoms with van der Waals surface area (Å²) in [4.78, 5) is 41.8. The number of para-hydroxylation sites is 1. The summed E-state index contributed by atoms with van der Waals surface area (Å²) in [5.41, 5.74) is 1.76. The molecule has 0 spiro atoms. The van der Waals surface area contributed by atoms with Gasteiger partial charge < -0.3 is 10.2 Å². The highest BCUT2D eigenvalue weighted by Gasteiger charge is 2.43. The van der Waals surface area contributed by atoms with Gasteiger partial charge >= 0.3 is 0 Å². The van der Waals surface area contributed by atoms with Crippen LogP contribution in [0.15, 0.2) is 60.7 Å². The summed E-state index contributed by atoms with van der Waals surface area (Å²) in [6.07, 6.45) is 2.28. The van der Waals surface area contributed by atoms with Gasteiger partial charge in [-0.15, -0.1) is 0 Å². The number of anilines is 1. The smallest absolute Gasteiger partial charge is 0.246 e. The summed E-state index contributed by atoms with van der Waals surface area (Å²) in [6.45, 7) is 0.992. The number of carbonyl (C=O) groups excluding carboxylic acids is 3. The second-order valence-corrected chi connectivity index (χ2v) is 7.55. The van der Waals surface area contributed by atoms with E-state index in [0.717, 1.165) is 17.7 Å². The molecule has 2 aromatic carbocycles. The molecule has 2 atom stereocenters. The zero-order chi connectivity index (χ0) is 20.2. The minimum atomic E-state index is -0.535. The molecule has 3 amide bonds. The number of nitrogens with one attached hydrogen (secondary N) is 1. The number of rotatable bonds is 5. The third kappa shape index (κ3) is 4.01. The topological polar surface area (TPSA) is 69.7 Å². The van der Waals surface area contributed by atoms with Crippen molar-refractivity contribution in [3.63, 3.8) is 0 Å². The van der Waals surface area contributed by atoms with Crippen molar-refractivity contribution in [2.24, 2.45) is 0 Å². The van der Waals surface area contributed by atoms with E-state index in [9.17, 15) is 14.4 Å². The molecule has 6 nitrogen and oxygen atoms in total. The van der Waals surface area contributed by atoms with Gasteiger partial charge in [-0.05, 0) is 37.0 Å². The predicted octanol–water partition coefficient (Wildman–Crippen LogP) is 2.49. The molecule has 2 fully saturated rings. The molecule has 4 rings (SSSR count). The van der Waals surface area contributed by atoms with E-state index in [1.807, 2.05) is 60.7 Å². The van der Waals surface area contributed by atoms with Gasteiger partial charge in [-0.25, -0.2) is 0 Å². The summed E-state index contributed by atoms with van der Waals surface area (Å²) in [7, 11) is 0. The SMILES string of the molecule is O=C(NCc1ccccc1)C1CCCN1C(=O)C1CCC(=O)N1c1ccccc1. The quantitative estimate of drug-likeness (QED) is 0.851. The van der Waals surface area contributed by atoms with E-state index < -0.39 is 12.1 Å². The van der Waals surface area contributed by atoms with Gasteiger partial charge in [0.15, 0.2) is 0 Å². The van der Waals surface area contributed by atoms with Crippen LogP contribution in [0.4, 0.5) is 5.69 Å². The van der Waals surface area contributed by atoms with Crippen molar-refractivity contribution in [2.75, 3.05) is 11.4 Å². The Morgan fingerprint density at radius 1 is 0.931 bits per heavy atom. The van der Waals surface area contributed by atoms with E-state index in [2.05, 4.69) is 5.32 Å². The Bertz CT molecular complexity index is 885. The van der Waals surface area contributed by atoms with Crippen LogP contribution < -0.4 is 10.2 Å². The molecule has 2 aliphatic heterocycles. The molecular formula is C23H25N3O3. The monoisotopic (exact) mass is 391 g/mol. The molecule has 0 bridgehead atoms. The molecule has 29 heavy (non-hydrogen) atoms. The molecule has 2 unspecified atom stereocenters. The average Bonchev–Trinajstić information content (AvgIpc) is 3.40. The van der Waals surface area contributed by atoms with Gasteiger partial charge in [-0.1, -0.05) is 48.5 Å². The molecule has 0 saturated carbocycles. The highest BCUT2D eigenvalue weighted by Crippen LogP contribution is 2.30. The second-order valence-electron chi connectivity index (χ2n) is 7.55. The zero-order valence-corrected chi connectivity index (χ0v) is 16.3. The first kappa shape index (κ1) is 19.2. The van der Waals surface area contributed by atoms with Gasteiger partial charge in [0.2, 0.25) is 17.7 Å². The number of nitrogens with zero attached hydrogens (tertiary/aromatic N) is 2. The summed E-state index contributed by atoms with van der Waals surface area (Å²) in [5, 5.41) is 2.95. The highest BCUT2D eigenvalue weighted by atomic mass is 16.2. The van der Waals surface area contributed by atoms with Crippen molar-refractivity contribution < 1.29 is 14.4 Å². The number of carbonyl (C=O) groups is 3. The minimum absolute atomic E-state index is 0.0428. The van der Waals surface area contributed by atoms with Crippen LogP contribution in [0.2, 0.25) is 0 Å². The molecule has 2 heterocycles. The van der Waals surface area contributed by atoms with Crippen LogP contribution in [0.1, 0.15) is 31.2 Å². The lowest BCUT2D eigenvalue weighted by molar-refractivity contribution is -0.139. The molecule has 2 saturated heterocycles. The summed E-state index contributed by atoms with van der Waals surface area (Å²) < 4.78 is 0. The number of hydrogen-bond acceptors (Lipinski definition) is 3. The van der Waals surface area contributed by atoms with E-state index >= 15 is 0 Å². The van der Waals surface area contributed by atoms with E-state index in [4.69, 9.17) is 0 Å². The van der Waals surface area contributed by atoms with Gasteiger partial charge in [-0.2, -0.15) is 0 Å². The average molecular weight is 391 g/mol. The fraction of sp³-hybridized carbons (Fsp3) is 0.348. The van der Waals surface area contributed by atoms with Gasteiger partial charge in [0, 0.05) is 25.2 Å².